The molecule has 0 aliphatic carbocycles. The number of carbonyl (C=O) groups is 1. The molecule has 0 atom stereocenters. The highest BCUT2D eigenvalue weighted by Gasteiger charge is 2.14. The summed E-state index contributed by atoms with van der Waals surface area (Å²) >= 11 is 0. The highest BCUT2D eigenvalue weighted by molar-refractivity contribution is 5.92. The summed E-state index contributed by atoms with van der Waals surface area (Å²) in [5.41, 5.74) is 0.393. The molecule has 0 bridgehead atoms. The zero-order valence-electron chi connectivity index (χ0n) is 8.24. The Morgan fingerprint density at radius 1 is 1.62 bits per heavy atom. The van der Waals surface area contributed by atoms with E-state index in [0.29, 0.717) is 11.6 Å². The molecule has 5 nitrogen and oxygen atoms in total. The predicted octanol–water partition coefficient (Wildman–Crippen LogP) is 0.130. The molecule has 0 saturated carbocycles. The molecule has 0 spiro atoms. The van der Waals surface area contributed by atoms with Crippen molar-refractivity contribution in [3.8, 4) is 5.88 Å². The fourth-order valence-electron chi connectivity index (χ4n) is 0.975. The first-order valence-electron chi connectivity index (χ1n) is 3.86. The molecule has 1 aromatic heterocycles. The maximum Gasteiger partial charge on any atom is 0.273 e. The Kier molecular flexibility index (Phi) is 2.55. The number of nitrogens with zero attached hydrogens (tertiary/aromatic N) is 3. The summed E-state index contributed by atoms with van der Waals surface area (Å²) in [5.74, 6) is 0.448. The molecule has 0 radical (unpaired) electrons. The van der Waals surface area contributed by atoms with Crippen LogP contribution in [0, 0.1) is 0 Å². The fraction of sp³-hybridized carbons (Fsp3) is 0.500. The van der Waals surface area contributed by atoms with Crippen molar-refractivity contribution in [3.63, 3.8) is 0 Å². The van der Waals surface area contributed by atoms with Gasteiger partial charge >= 0.3 is 0 Å². The van der Waals surface area contributed by atoms with Gasteiger partial charge in [-0.15, -0.1) is 0 Å². The molecular weight excluding hydrogens is 170 g/mol. The Hall–Kier alpha value is -1.52. The maximum atomic E-state index is 11.4. The average molecular weight is 183 g/mol. The van der Waals surface area contributed by atoms with E-state index >= 15 is 0 Å². The average Bonchev–Trinajstić information content (AvgIpc) is 2.45. The number of rotatable bonds is 2. The van der Waals surface area contributed by atoms with Crippen LogP contribution in [0.4, 0.5) is 0 Å². The Balaban J connectivity index is 2.97. The maximum absolute atomic E-state index is 11.4. The zero-order chi connectivity index (χ0) is 10.0. The van der Waals surface area contributed by atoms with Crippen LogP contribution in [0.5, 0.6) is 5.88 Å². The van der Waals surface area contributed by atoms with Crippen LogP contribution in [0.15, 0.2) is 6.07 Å². The van der Waals surface area contributed by atoms with Crippen LogP contribution < -0.4 is 4.74 Å². The van der Waals surface area contributed by atoms with E-state index in [4.69, 9.17) is 4.74 Å². The molecule has 5 heteroatoms. The topological polar surface area (TPSA) is 47.4 Å². The Bertz CT molecular complexity index is 317. The van der Waals surface area contributed by atoms with Gasteiger partial charge < -0.3 is 9.64 Å². The van der Waals surface area contributed by atoms with Crippen molar-refractivity contribution in [1.82, 2.24) is 14.7 Å². The van der Waals surface area contributed by atoms with Crippen molar-refractivity contribution in [1.29, 1.82) is 0 Å². The summed E-state index contributed by atoms with van der Waals surface area (Å²) < 4.78 is 6.51. The molecule has 0 N–H and O–H groups in total. The quantitative estimate of drug-likeness (QED) is 0.654. The van der Waals surface area contributed by atoms with E-state index in [1.807, 2.05) is 0 Å². The second kappa shape index (κ2) is 3.47. The standard InChI is InChI=1S/C8H13N3O2/c1-10(2)8(12)6-5-7(13-4)11(3)9-6/h5H,1-4H3. The van der Waals surface area contributed by atoms with E-state index in [1.165, 1.54) is 9.58 Å². The van der Waals surface area contributed by atoms with Gasteiger partial charge in [-0.25, -0.2) is 4.68 Å². The summed E-state index contributed by atoms with van der Waals surface area (Å²) in [6.07, 6.45) is 0. The molecule has 1 amide bonds. The molecule has 0 aliphatic heterocycles. The lowest BCUT2D eigenvalue weighted by molar-refractivity contribution is 0.0821. The van der Waals surface area contributed by atoms with Crippen LogP contribution in [0.2, 0.25) is 0 Å². The van der Waals surface area contributed by atoms with Gasteiger partial charge in [0, 0.05) is 27.2 Å². The third-order valence-electron chi connectivity index (χ3n) is 1.67. The number of methoxy groups -OCH3 is 1. The molecule has 1 rings (SSSR count). The first kappa shape index (κ1) is 9.57. The number of ether oxygens (including phenoxy) is 1. The van der Waals surface area contributed by atoms with Gasteiger partial charge in [0.15, 0.2) is 5.69 Å². The van der Waals surface area contributed by atoms with Crippen LogP contribution in [-0.2, 0) is 7.05 Å². The minimum Gasteiger partial charge on any atom is -0.481 e. The molecule has 0 fully saturated rings. The highest BCUT2D eigenvalue weighted by Crippen LogP contribution is 2.11. The second-order valence-electron chi connectivity index (χ2n) is 2.90. The SMILES string of the molecule is COc1cc(C(=O)N(C)C)nn1C. The molecule has 0 aromatic carbocycles. The molecule has 1 heterocycles. The monoisotopic (exact) mass is 183 g/mol. The summed E-state index contributed by atoms with van der Waals surface area (Å²) in [7, 11) is 6.64. The molecule has 0 unspecified atom stereocenters. The van der Waals surface area contributed by atoms with E-state index in [0.717, 1.165) is 0 Å². The van der Waals surface area contributed by atoms with E-state index in [2.05, 4.69) is 5.10 Å². The predicted molar refractivity (Wildman–Crippen MR) is 47.8 cm³/mol. The number of aryl methyl sites for hydroxylation is 1. The van der Waals surface area contributed by atoms with Crippen molar-refractivity contribution in [3.05, 3.63) is 11.8 Å². The van der Waals surface area contributed by atoms with Crippen LogP contribution in [-0.4, -0.2) is 41.8 Å². The lowest BCUT2D eigenvalue weighted by atomic mass is 10.4. The normalized spacial score (nSPS) is 9.85. The molecule has 0 saturated heterocycles. The first-order valence-corrected chi connectivity index (χ1v) is 3.86. The molecule has 0 aliphatic rings. The minimum atomic E-state index is -0.126. The summed E-state index contributed by atoms with van der Waals surface area (Å²) in [6, 6.07) is 1.61. The number of aromatic nitrogens is 2. The molecule has 72 valence electrons. The van der Waals surface area contributed by atoms with Crippen molar-refractivity contribution < 1.29 is 9.53 Å². The number of amides is 1. The Morgan fingerprint density at radius 3 is 2.62 bits per heavy atom. The van der Waals surface area contributed by atoms with Gasteiger partial charge in [0.05, 0.1) is 7.11 Å². The van der Waals surface area contributed by atoms with E-state index in [-0.39, 0.29) is 5.91 Å². The van der Waals surface area contributed by atoms with Gasteiger partial charge in [-0.2, -0.15) is 5.10 Å². The number of hydrogen-bond acceptors (Lipinski definition) is 3. The third kappa shape index (κ3) is 1.80. The van der Waals surface area contributed by atoms with Gasteiger partial charge in [0.25, 0.3) is 5.91 Å². The third-order valence-corrected chi connectivity index (χ3v) is 1.67. The lowest BCUT2D eigenvalue weighted by Gasteiger charge is -2.06. The highest BCUT2D eigenvalue weighted by atomic mass is 16.5. The zero-order valence-corrected chi connectivity index (χ0v) is 8.24. The van der Waals surface area contributed by atoms with Gasteiger partial charge in [-0.1, -0.05) is 0 Å². The molecule has 1 aromatic rings. The molecular formula is C8H13N3O2. The van der Waals surface area contributed by atoms with E-state index in [9.17, 15) is 4.79 Å². The van der Waals surface area contributed by atoms with Gasteiger partial charge in [0.1, 0.15) is 0 Å². The van der Waals surface area contributed by atoms with Crippen molar-refractivity contribution in [2.75, 3.05) is 21.2 Å². The number of hydrogen-bond donors (Lipinski definition) is 0. The smallest absolute Gasteiger partial charge is 0.273 e. The van der Waals surface area contributed by atoms with Gasteiger partial charge in [-0.3, -0.25) is 4.79 Å². The van der Waals surface area contributed by atoms with Crippen molar-refractivity contribution in [2.45, 2.75) is 0 Å². The van der Waals surface area contributed by atoms with Gasteiger partial charge in [-0.05, 0) is 0 Å². The largest absolute Gasteiger partial charge is 0.481 e. The molecule has 13 heavy (non-hydrogen) atoms. The second-order valence-corrected chi connectivity index (χ2v) is 2.90. The van der Waals surface area contributed by atoms with Crippen molar-refractivity contribution >= 4 is 5.91 Å². The first-order chi connectivity index (χ1) is 6.06. The van der Waals surface area contributed by atoms with E-state index < -0.39 is 0 Å². The minimum absolute atomic E-state index is 0.126. The summed E-state index contributed by atoms with van der Waals surface area (Å²) in [4.78, 5) is 12.9. The Labute approximate surface area is 76.9 Å². The summed E-state index contributed by atoms with van der Waals surface area (Å²) in [6.45, 7) is 0. The number of carbonyl (C=O) groups excluding carboxylic acids is 1. The Morgan fingerprint density at radius 2 is 2.23 bits per heavy atom. The van der Waals surface area contributed by atoms with E-state index in [1.54, 1.807) is 34.3 Å². The van der Waals surface area contributed by atoms with Crippen LogP contribution >= 0.6 is 0 Å². The van der Waals surface area contributed by atoms with Crippen LogP contribution in [0.25, 0.3) is 0 Å². The van der Waals surface area contributed by atoms with Crippen LogP contribution in [0.3, 0.4) is 0 Å². The van der Waals surface area contributed by atoms with Crippen molar-refractivity contribution in [2.24, 2.45) is 7.05 Å². The van der Waals surface area contributed by atoms with Crippen LogP contribution in [0.1, 0.15) is 10.5 Å². The summed E-state index contributed by atoms with van der Waals surface area (Å²) in [5, 5.41) is 4.00. The lowest BCUT2D eigenvalue weighted by Crippen LogP contribution is -2.22. The fourth-order valence-corrected chi connectivity index (χ4v) is 0.975. The van der Waals surface area contributed by atoms with Gasteiger partial charge in [0.2, 0.25) is 5.88 Å².